The van der Waals surface area contributed by atoms with E-state index in [1.165, 1.54) is 0 Å². The molecule has 0 aromatic heterocycles. The van der Waals surface area contributed by atoms with Gasteiger partial charge in [-0.1, -0.05) is 36.4 Å². The number of hydrogen-bond acceptors (Lipinski definition) is 2. The van der Waals surface area contributed by atoms with E-state index >= 15 is 0 Å². The Morgan fingerprint density at radius 1 is 1.00 bits per heavy atom. The second-order valence-electron chi connectivity index (χ2n) is 3.66. The molecule has 0 aliphatic carbocycles. The third-order valence-corrected chi connectivity index (χ3v) is 2.51. The van der Waals surface area contributed by atoms with Crippen molar-refractivity contribution in [3.63, 3.8) is 0 Å². The quantitative estimate of drug-likeness (QED) is 0.794. The Labute approximate surface area is 94.2 Å². The first kappa shape index (κ1) is 10.4. The fourth-order valence-corrected chi connectivity index (χ4v) is 1.64. The third kappa shape index (κ3) is 2.28. The largest absolute Gasteiger partial charge is 0.508 e. The van der Waals surface area contributed by atoms with Crippen LogP contribution in [0.15, 0.2) is 48.5 Å². The molecule has 80 valence electrons. The molecule has 0 bridgehead atoms. The van der Waals surface area contributed by atoms with Gasteiger partial charge in [0.25, 0.3) is 0 Å². The van der Waals surface area contributed by atoms with E-state index in [-0.39, 0.29) is 5.75 Å². The van der Waals surface area contributed by atoms with Crippen LogP contribution in [-0.4, -0.2) is 11.4 Å². The molecule has 0 aliphatic heterocycles. The second-order valence-corrected chi connectivity index (χ2v) is 3.66. The molecular formula is C14H12O2. The minimum absolute atomic E-state index is 0.257. The van der Waals surface area contributed by atoms with E-state index in [9.17, 15) is 4.79 Å². The summed E-state index contributed by atoms with van der Waals surface area (Å²) in [6.45, 7) is 0. The Morgan fingerprint density at radius 2 is 1.69 bits per heavy atom. The van der Waals surface area contributed by atoms with Gasteiger partial charge in [-0.05, 0) is 29.7 Å². The average Bonchev–Trinajstić information content (AvgIpc) is 2.33. The van der Waals surface area contributed by atoms with Gasteiger partial charge in [0.15, 0.2) is 0 Å². The van der Waals surface area contributed by atoms with Crippen molar-refractivity contribution in [3.8, 4) is 5.75 Å². The van der Waals surface area contributed by atoms with Crippen molar-refractivity contribution in [1.82, 2.24) is 0 Å². The Kier molecular flexibility index (Phi) is 3.01. The highest BCUT2D eigenvalue weighted by Gasteiger charge is 2.01. The molecule has 2 aromatic rings. The average molecular weight is 212 g/mol. The predicted octanol–water partition coefficient (Wildman–Crippen LogP) is 2.80. The molecule has 2 aromatic carbocycles. The lowest BCUT2D eigenvalue weighted by molar-refractivity contribution is 0.112. The molecule has 0 aliphatic rings. The van der Waals surface area contributed by atoms with E-state index in [1.807, 2.05) is 36.4 Å². The van der Waals surface area contributed by atoms with Gasteiger partial charge in [-0.2, -0.15) is 0 Å². The van der Waals surface area contributed by atoms with Crippen molar-refractivity contribution in [2.75, 3.05) is 0 Å². The van der Waals surface area contributed by atoms with Gasteiger partial charge < -0.3 is 5.11 Å². The highest BCUT2D eigenvalue weighted by molar-refractivity contribution is 5.77. The van der Waals surface area contributed by atoms with Crippen molar-refractivity contribution in [2.24, 2.45) is 0 Å². The van der Waals surface area contributed by atoms with Crippen LogP contribution in [0.3, 0.4) is 0 Å². The maximum Gasteiger partial charge on any atom is 0.150 e. The lowest BCUT2D eigenvalue weighted by atomic mass is 10.0. The molecule has 0 spiro atoms. The molecule has 0 fully saturated rings. The Bertz CT molecular complexity index is 486. The number of aldehydes is 1. The smallest absolute Gasteiger partial charge is 0.150 e. The van der Waals surface area contributed by atoms with Gasteiger partial charge in [0.2, 0.25) is 0 Å². The fourth-order valence-electron chi connectivity index (χ4n) is 1.64. The molecule has 2 rings (SSSR count). The topological polar surface area (TPSA) is 37.3 Å². The Hall–Kier alpha value is -2.09. The van der Waals surface area contributed by atoms with Crippen LogP contribution in [0.1, 0.15) is 21.5 Å². The first-order chi connectivity index (χ1) is 7.79. The number of carbonyl (C=O) groups is 1. The summed E-state index contributed by atoms with van der Waals surface area (Å²) < 4.78 is 0. The zero-order chi connectivity index (χ0) is 11.4. The molecule has 0 heterocycles. The van der Waals surface area contributed by atoms with E-state index in [0.29, 0.717) is 6.42 Å². The number of phenolic OH excluding ortho intramolecular Hbond substituents is 1. The molecule has 0 saturated heterocycles. The number of carbonyl (C=O) groups excluding carboxylic acids is 1. The maximum atomic E-state index is 10.8. The summed E-state index contributed by atoms with van der Waals surface area (Å²) in [6, 6.07) is 14.5. The molecule has 2 nitrogen and oxygen atoms in total. The highest BCUT2D eigenvalue weighted by atomic mass is 16.3. The van der Waals surface area contributed by atoms with Gasteiger partial charge in [-0.25, -0.2) is 0 Å². The van der Waals surface area contributed by atoms with Crippen LogP contribution in [0.4, 0.5) is 0 Å². The van der Waals surface area contributed by atoms with Gasteiger partial charge in [-0.3, -0.25) is 4.79 Å². The Morgan fingerprint density at radius 3 is 2.38 bits per heavy atom. The molecule has 0 amide bonds. The number of hydrogen-bond donors (Lipinski definition) is 1. The van der Waals surface area contributed by atoms with Gasteiger partial charge in [0.1, 0.15) is 12.0 Å². The normalized spacial score (nSPS) is 10.0. The van der Waals surface area contributed by atoms with Crippen LogP contribution in [0.25, 0.3) is 0 Å². The van der Waals surface area contributed by atoms with Crippen LogP contribution in [0.2, 0.25) is 0 Å². The summed E-state index contributed by atoms with van der Waals surface area (Å²) in [5.74, 6) is 0.257. The number of phenols is 1. The SMILES string of the molecule is O=Cc1ccccc1Cc1ccc(O)cc1. The van der Waals surface area contributed by atoms with Crippen molar-refractivity contribution < 1.29 is 9.90 Å². The summed E-state index contributed by atoms with van der Waals surface area (Å²) in [6.07, 6.45) is 1.57. The van der Waals surface area contributed by atoms with E-state index in [0.717, 1.165) is 23.0 Å². The minimum atomic E-state index is 0.257. The van der Waals surface area contributed by atoms with E-state index in [2.05, 4.69) is 0 Å². The molecule has 0 radical (unpaired) electrons. The van der Waals surface area contributed by atoms with Crippen LogP contribution in [0, 0.1) is 0 Å². The summed E-state index contributed by atoms with van der Waals surface area (Å²) >= 11 is 0. The third-order valence-electron chi connectivity index (χ3n) is 2.51. The molecule has 2 heteroatoms. The van der Waals surface area contributed by atoms with Crippen molar-refractivity contribution in [1.29, 1.82) is 0 Å². The van der Waals surface area contributed by atoms with Crippen LogP contribution >= 0.6 is 0 Å². The van der Waals surface area contributed by atoms with Crippen molar-refractivity contribution in [2.45, 2.75) is 6.42 Å². The first-order valence-corrected chi connectivity index (χ1v) is 5.10. The monoisotopic (exact) mass is 212 g/mol. The highest BCUT2D eigenvalue weighted by Crippen LogP contribution is 2.15. The first-order valence-electron chi connectivity index (χ1n) is 5.10. The lowest BCUT2D eigenvalue weighted by Gasteiger charge is -2.04. The zero-order valence-electron chi connectivity index (χ0n) is 8.76. The molecule has 0 atom stereocenters. The summed E-state index contributed by atoms with van der Waals surface area (Å²) in [7, 11) is 0. The fraction of sp³-hybridized carbons (Fsp3) is 0.0714. The molecule has 0 unspecified atom stereocenters. The molecule has 16 heavy (non-hydrogen) atoms. The molecule has 1 N–H and O–H groups in total. The van der Waals surface area contributed by atoms with E-state index in [1.54, 1.807) is 12.1 Å². The van der Waals surface area contributed by atoms with Gasteiger partial charge in [0.05, 0.1) is 0 Å². The molecule has 0 saturated carbocycles. The minimum Gasteiger partial charge on any atom is -0.508 e. The van der Waals surface area contributed by atoms with Gasteiger partial charge in [-0.15, -0.1) is 0 Å². The summed E-state index contributed by atoms with van der Waals surface area (Å²) in [5.41, 5.74) is 2.80. The number of benzene rings is 2. The van der Waals surface area contributed by atoms with Crippen molar-refractivity contribution in [3.05, 3.63) is 65.2 Å². The Balaban J connectivity index is 2.26. The van der Waals surface area contributed by atoms with Crippen LogP contribution in [0.5, 0.6) is 5.75 Å². The van der Waals surface area contributed by atoms with Gasteiger partial charge >= 0.3 is 0 Å². The standard InChI is InChI=1S/C14H12O2/c15-10-13-4-2-1-3-12(13)9-11-5-7-14(16)8-6-11/h1-8,10,16H,9H2. The van der Waals surface area contributed by atoms with Crippen molar-refractivity contribution >= 4 is 6.29 Å². The lowest BCUT2D eigenvalue weighted by Crippen LogP contribution is -1.93. The zero-order valence-corrected chi connectivity index (χ0v) is 8.76. The summed E-state index contributed by atoms with van der Waals surface area (Å²) in [4.78, 5) is 10.8. The van der Waals surface area contributed by atoms with Crippen LogP contribution < -0.4 is 0 Å². The molecular weight excluding hydrogens is 200 g/mol. The predicted molar refractivity (Wildman–Crippen MR) is 62.7 cm³/mol. The number of rotatable bonds is 3. The van der Waals surface area contributed by atoms with E-state index < -0.39 is 0 Å². The summed E-state index contributed by atoms with van der Waals surface area (Å²) in [5, 5.41) is 9.17. The maximum absolute atomic E-state index is 10.8. The van der Waals surface area contributed by atoms with E-state index in [4.69, 9.17) is 5.11 Å². The van der Waals surface area contributed by atoms with Gasteiger partial charge in [0, 0.05) is 5.56 Å². The second kappa shape index (κ2) is 4.62. The number of aromatic hydroxyl groups is 1. The van der Waals surface area contributed by atoms with Crippen LogP contribution in [-0.2, 0) is 6.42 Å².